The third-order valence-corrected chi connectivity index (χ3v) is 1.11. The highest BCUT2D eigenvalue weighted by Gasteiger charge is 1.95. The summed E-state index contributed by atoms with van der Waals surface area (Å²) in [5.74, 6) is -1.87. The van der Waals surface area contributed by atoms with E-state index in [4.69, 9.17) is 9.84 Å². The van der Waals surface area contributed by atoms with Gasteiger partial charge in [0, 0.05) is 19.3 Å². The Morgan fingerprint density at radius 1 is 1.21 bits per heavy atom. The molecule has 5 nitrogen and oxygen atoms in total. The van der Waals surface area contributed by atoms with Gasteiger partial charge >= 0.3 is 11.9 Å². The monoisotopic (exact) mass is 200 g/mol. The molecule has 0 aromatic heterocycles. The predicted octanol–water partition coefficient (Wildman–Crippen LogP) is 0.373. The number of carboxylic acid groups (broad SMARTS) is 1. The van der Waals surface area contributed by atoms with Crippen molar-refractivity contribution in [2.75, 3.05) is 20.3 Å². The molecule has 0 fully saturated rings. The van der Waals surface area contributed by atoms with Gasteiger partial charge in [-0.25, -0.2) is 9.59 Å². The molecule has 0 aliphatic heterocycles. The molecule has 5 heteroatoms. The molecule has 0 unspecified atom stereocenters. The van der Waals surface area contributed by atoms with E-state index in [2.05, 4.69) is 4.74 Å². The van der Waals surface area contributed by atoms with E-state index in [1.165, 1.54) is 0 Å². The molecule has 0 aromatic carbocycles. The standard InChI is InChI=1S/C9H12O5/c1-13-6-2-3-7-14-9(12)5-4-8(10)11/h2-5H,6-7H2,1H3,(H,10,11)/b3-2-,5-4+. The van der Waals surface area contributed by atoms with Crippen molar-refractivity contribution in [1.29, 1.82) is 0 Å². The van der Waals surface area contributed by atoms with Crippen LogP contribution in [0.25, 0.3) is 0 Å². The van der Waals surface area contributed by atoms with Crippen LogP contribution in [-0.2, 0) is 19.1 Å². The van der Waals surface area contributed by atoms with Gasteiger partial charge in [-0.3, -0.25) is 0 Å². The lowest BCUT2D eigenvalue weighted by atomic mass is 10.5. The Hall–Kier alpha value is -1.62. The van der Waals surface area contributed by atoms with Gasteiger partial charge in [0.05, 0.1) is 6.61 Å². The second-order valence-corrected chi connectivity index (χ2v) is 2.23. The van der Waals surface area contributed by atoms with Crippen molar-refractivity contribution in [3.63, 3.8) is 0 Å². The first-order valence-electron chi connectivity index (χ1n) is 3.88. The maximum Gasteiger partial charge on any atom is 0.331 e. The molecule has 0 aliphatic carbocycles. The van der Waals surface area contributed by atoms with Crippen LogP contribution in [-0.4, -0.2) is 37.4 Å². The lowest BCUT2D eigenvalue weighted by Gasteiger charge is -1.95. The molecule has 14 heavy (non-hydrogen) atoms. The Kier molecular flexibility index (Phi) is 7.07. The van der Waals surface area contributed by atoms with E-state index in [1.54, 1.807) is 19.3 Å². The van der Waals surface area contributed by atoms with Gasteiger partial charge in [-0.1, -0.05) is 6.08 Å². The number of carbonyl (C=O) groups excluding carboxylic acids is 1. The number of hydrogen-bond acceptors (Lipinski definition) is 4. The minimum atomic E-state index is -1.18. The minimum Gasteiger partial charge on any atom is -0.478 e. The summed E-state index contributed by atoms with van der Waals surface area (Å²) < 4.78 is 9.32. The van der Waals surface area contributed by atoms with E-state index >= 15 is 0 Å². The second-order valence-electron chi connectivity index (χ2n) is 2.23. The van der Waals surface area contributed by atoms with Crippen LogP contribution in [0.2, 0.25) is 0 Å². The zero-order chi connectivity index (χ0) is 10.8. The smallest absolute Gasteiger partial charge is 0.331 e. The molecule has 0 heterocycles. The number of carboxylic acids is 1. The molecule has 0 amide bonds. The van der Waals surface area contributed by atoms with Gasteiger partial charge in [-0.2, -0.15) is 0 Å². The van der Waals surface area contributed by atoms with Crippen LogP contribution in [0.15, 0.2) is 24.3 Å². The van der Waals surface area contributed by atoms with Gasteiger partial charge in [0.15, 0.2) is 0 Å². The van der Waals surface area contributed by atoms with Crippen LogP contribution in [0, 0.1) is 0 Å². The molecule has 0 spiro atoms. The van der Waals surface area contributed by atoms with E-state index in [0.717, 1.165) is 12.2 Å². The summed E-state index contributed by atoms with van der Waals surface area (Å²) in [6.07, 6.45) is 4.87. The number of carbonyl (C=O) groups is 2. The molecular weight excluding hydrogens is 188 g/mol. The van der Waals surface area contributed by atoms with E-state index in [9.17, 15) is 9.59 Å². The molecule has 0 bridgehead atoms. The topological polar surface area (TPSA) is 72.8 Å². The molecule has 1 N–H and O–H groups in total. The molecule has 0 rings (SSSR count). The molecule has 0 aromatic rings. The van der Waals surface area contributed by atoms with E-state index in [0.29, 0.717) is 6.61 Å². The predicted molar refractivity (Wildman–Crippen MR) is 48.8 cm³/mol. The van der Waals surface area contributed by atoms with Gasteiger partial charge < -0.3 is 14.6 Å². The van der Waals surface area contributed by atoms with E-state index in [1.807, 2.05) is 0 Å². The maximum atomic E-state index is 10.7. The Morgan fingerprint density at radius 2 is 1.86 bits per heavy atom. The Bertz CT molecular complexity index is 242. The Balaban J connectivity index is 3.59. The fourth-order valence-corrected chi connectivity index (χ4v) is 0.550. The van der Waals surface area contributed by atoms with Gasteiger partial charge in [0.2, 0.25) is 0 Å². The number of hydrogen-bond donors (Lipinski definition) is 1. The van der Waals surface area contributed by atoms with Gasteiger partial charge in [-0.15, -0.1) is 0 Å². The van der Waals surface area contributed by atoms with Crippen molar-refractivity contribution in [3.8, 4) is 0 Å². The third-order valence-electron chi connectivity index (χ3n) is 1.11. The van der Waals surface area contributed by atoms with Gasteiger partial charge in [-0.05, 0) is 6.08 Å². The summed E-state index contributed by atoms with van der Waals surface area (Å²) in [6.45, 7) is 0.550. The summed E-state index contributed by atoms with van der Waals surface area (Å²) in [4.78, 5) is 20.7. The number of aliphatic carboxylic acids is 1. The third kappa shape index (κ3) is 8.48. The van der Waals surface area contributed by atoms with Crippen molar-refractivity contribution in [2.24, 2.45) is 0 Å². The highest BCUT2D eigenvalue weighted by Crippen LogP contribution is 1.84. The number of rotatable bonds is 6. The first kappa shape index (κ1) is 12.4. The summed E-state index contributed by atoms with van der Waals surface area (Å²) in [5, 5.41) is 8.18. The molecule has 0 atom stereocenters. The average molecular weight is 200 g/mol. The number of esters is 1. The van der Waals surface area contributed by atoms with Crippen molar-refractivity contribution < 1.29 is 24.2 Å². The lowest BCUT2D eigenvalue weighted by Crippen LogP contribution is -2.01. The lowest BCUT2D eigenvalue weighted by molar-refractivity contribution is -0.137. The second kappa shape index (κ2) is 8.00. The highest BCUT2D eigenvalue weighted by molar-refractivity contribution is 5.90. The number of ether oxygens (including phenoxy) is 2. The summed E-state index contributed by atoms with van der Waals surface area (Å²) in [7, 11) is 1.55. The minimum absolute atomic E-state index is 0.103. The largest absolute Gasteiger partial charge is 0.478 e. The van der Waals surface area contributed by atoms with E-state index in [-0.39, 0.29) is 6.61 Å². The first-order valence-corrected chi connectivity index (χ1v) is 3.88. The van der Waals surface area contributed by atoms with Crippen molar-refractivity contribution in [2.45, 2.75) is 0 Å². The molecule has 0 saturated heterocycles. The fourth-order valence-electron chi connectivity index (χ4n) is 0.550. The quantitative estimate of drug-likeness (QED) is 0.381. The SMILES string of the molecule is COC/C=C\COC(=O)/C=C/C(=O)O. The zero-order valence-electron chi connectivity index (χ0n) is 7.80. The van der Waals surface area contributed by atoms with E-state index < -0.39 is 11.9 Å². The summed E-state index contributed by atoms with van der Waals surface area (Å²) in [6, 6.07) is 0. The normalized spacial score (nSPS) is 10.9. The van der Waals surface area contributed by atoms with Crippen molar-refractivity contribution in [3.05, 3.63) is 24.3 Å². The molecule has 78 valence electrons. The number of methoxy groups -OCH3 is 1. The zero-order valence-corrected chi connectivity index (χ0v) is 7.80. The van der Waals surface area contributed by atoms with Crippen LogP contribution in [0.3, 0.4) is 0 Å². The van der Waals surface area contributed by atoms with Crippen LogP contribution in [0.5, 0.6) is 0 Å². The summed E-state index contributed by atoms with van der Waals surface area (Å²) in [5.41, 5.74) is 0. The summed E-state index contributed by atoms with van der Waals surface area (Å²) >= 11 is 0. The van der Waals surface area contributed by atoms with Crippen LogP contribution in [0.4, 0.5) is 0 Å². The molecule has 0 radical (unpaired) electrons. The maximum absolute atomic E-state index is 10.7. The Morgan fingerprint density at radius 3 is 2.43 bits per heavy atom. The van der Waals surface area contributed by atoms with Crippen molar-refractivity contribution in [1.82, 2.24) is 0 Å². The molecular formula is C9H12O5. The Labute approximate surface area is 81.6 Å². The first-order chi connectivity index (χ1) is 6.66. The van der Waals surface area contributed by atoms with Crippen LogP contribution in [0.1, 0.15) is 0 Å². The average Bonchev–Trinajstić information content (AvgIpc) is 2.14. The fraction of sp³-hybridized carbons (Fsp3) is 0.333. The van der Waals surface area contributed by atoms with Crippen LogP contribution >= 0.6 is 0 Å². The van der Waals surface area contributed by atoms with Gasteiger partial charge in [0.25, 0.3) is 0 Å². The van der Waals surface area contributed by atoms with Gasteiger partial charge in [0.1, 0.15) is 6.61 Å². The van der Waals surface area contributed by atoms with Crippen LogP contribution < -0.4 is 0 Å². The highest BCUT2D eigenvalue weighted by atomic mass is 16.5. The molecule has 0 aliphatic rings. The molecule has 0 saturated carbocycles. The van der Waals surface area contributed by atoms with Crippen molar-refractivity contribution >= 4 is 11.9 Å².